The summed E-state index contributed by atoms with van der Waals surface area (Å²) in [5.74, 6) is -1.73. The van der Waals surface area contributed by atoms with Crippen LogP contribution in [0.2, 0.25) is 0 Å². The molecule has 2 aromatic rings. The SMILES string of the molecule is C[C@@H](NC(=O)Nc1cccnc1)[C@@H](O)c1c(F)cccc1F. The summed E-state index contributed by atoms with van der Waals surface area (Å²) in [6, 6.07) is 5.05. The van der Waals surface area contributed by atoms with Crippen molar-refractivity contribution in [1.82, 2.24) is 10.3 Å². The van der Waals surface area contributed by atoms with Crippen LogP contribution in [0.25, 0.3) is 0 Å². The number of hydrogen-bond donors (Lipinski definition) is 3. The van der Waals surface area contributed by atoms with Crippen molar-refractivity contribution in [3.63, 3.8) is 0 Å². The molecule has 0 bridgehead atoms. The van der Waals surface area contributed by atoms with E-state index in [1.165, 1.54) is 19.2 Å². The van der Waals surface area contributed by atoms with Gasteiger partial charge in [0, 0.05) is 6.20 Å². The normalized spacial score (nSPS) is 13.3. The van der Waals surface area contributed by atoms with Gasteiger partial charge >= 0.3 is 6.03 Å². The molecule has 7 heteroatoms. The van der Waals surface area contributed by atoms with Gasteiger partial charge < -0.3 is 15.7 Å². The Kier molecular flexibility index (Phi) is 5.00. The molecule has 0 spiro atoms. The number of benzene rings is 1. The maximum atomic E-state index is 13.6. The minimum Gasteiger partial charge on any atom is -0.386 e. The molecule has 3 N–H and O–H groups in total. The summed E-state index contributed by atoms with van der Waals surface area (Å²) in [6.45, 7) is 1.44. The van der Waals surface area contributed by atoms with Crippen molar-refractivity contribution in [3.8, 4) is 0 Å². The molecule has 1 heterocycles. The van der Waals surface area contributed by atoms with Gasteiger partial charge in [-0.25, -0.2) is 13.6 Å². The van der Waals surface area contributed by atoms with Gasteiger partial charge in [0.15, 0.2) is 0 Å². The second-order valence-electron chi connectivity index (χ2n) is 4.71. The minimum absolute atomic E-state index is 0.457. The molecule has 0 saturated carbocycles. The van der Waals surface area contributed by atoms with Crippen LogP contribution in [0.4, 0.5) is 19.3 Å². The number of rotatable bonds is 4. The van der Waals surface area contributed by atoms with Gasteiger partial charge in [-0.3, -0.25) is 4.98 Å². The highest BCUT2D eigenvalue weighted by Crippen LogP contribution is 2.23. The molecule has 0 aliphatic carbocycles. The van der Waals surface area contributed by atoms with Crippen LogP contribution in [-0.4, -0.2) is 22.2 Å². The third-order valence-electron chi connectivity index (χ3n) is 3.05. The van der Waals surface area contributed by atoms with E-state index < -0.39 is 35.4 Å². The van der Waals surface area contributed by atoms with Crippen molar-refractivity contribution in [2.45, 2.75) is 19.1 Å². The van der Waals surface area contributed by atoms with Gasteiger partial charge in [-0.1, -0.05) is 6.07 Å². The van der Waals surface area contributed by atoms with Crippen LogP contribution in [0.3, 0.4) is 0 Å². The van der Waals surface area contributed by atoms with E-state index in [0.29, 0.717) is 5.69 Å². The molecule has 2 atom stereocenters. The Labute approximate surface area is 126 Å². The molecule has 0 radical (unpaired) electrons. The maximum Gasteiger partial charge on any atom is 0.319 e. The Balaban J connectivity index is 2.02. The van der Waals surface area contributed by atoms with E-state index in [-0.39, 0.29) is 0 Å². The summed E-state index contributed by atoms with van der Waals surface area (Å²) in [6.07, 6.45) is 1.48. The number of pyridine rings is 1. The zero-order chi connectivity index (χ0) is 16.1. The number of urea groups is 1. The van der Waals surface area contributed by atoms with Crippen LogP contribution >= 0.6 is 0 Å². The van der Waals surface area contributed by atoms with E-state index in [1.807, 2.05) is 0 Å². The Morgan fingerprint density at radius 1 is 1.23 bits per heavy atom. The minimum atomic E-state index is -1.51. The van der Waals surface area contributed by atoms with Gasteiger partial charge in [0.25, 0.3) is 0 Å². The van der Waals surface area contributed by atoms with Crippen LogP contribution in [0, 0.1) is 11.6 Å². The topological polar surface area (TPSA) is 74.2 Å². The van der Waals surface area contributed by atoms with Crippen molar-refractivity contribution in [1.29, 1.82) is 0 Å². The molecule has 0 aliphatic rings. The molecule has 116 valence electrons. The molecule has 22 heavy (non-hydrogen) atoms. The summed E-state index contributed by atoms with van der Waals surface area (Å²) < 4.78 is 27.2. The van der Waals surface area contributed by atoms with Gasteiger partial charge in [-0.15, -0.1) is 0 Å². The van der Waals surface area contributed by atoms with Gasteiger partial charge in [0.05, 0.1) is 23.5 Å². The Hall–Kier alpha value is -2.54. The Morgan fingerprint density at radius 3 is 2.50 bits per heavy atom. The first kappa shape index (κ1) is 15.8. The molecule has 0 saturated heterocycles. The first-order valence-electron chi connectivity index (χ1n) is 6.58. The predicted molar refractivity (Wildman–Crippen MR) is 77.2 cm³/mol. The first-order valence-corrected chi connectivity index (χ1v) is 6.58. The molecular weight excluding hydrogens is 292 g/mol. The standard InChI is InChI=1S/C15H15F2N3O2/c1-9(14(21)13-11(16)5-2-6-12(13)17)19-15(22)20-10-4-3-7-18-8-10/h2-9,14,21H,1H3,(H2,19,20,22)/t9-,14-/m1/s1. The molecule has 5 nitrogen and oxygen atoms in total. The van der Waals surface area contributed by atoms with Gasteiger partial charge in [0.1, 0.15) is 17.7 Å². The lowest BCUT2D eigenvalue weighted by molar-refractivity contribution is 0.131. The summed E-state index contributed by atoms with van der Waals surface area (Å²) in [7, 11) is 0. The first-order chi connectivity index (χ1) is 10.5. The number of aliphatic hydroxyl groups is 1. The van der Waals surface area contributed by atoms with E-state index in [9.17, 15) is 18.7 Å². The number of halogens is 2. The molecule has 1 aromatic heterocycles. The average Bonchev–Trinajstić information content (AvgIpc) is 2.47. The fourth-order valence-electron chi connectivity index (χ4n) is 1.93. The van der Waals surface area contributed by atoms with Crippen molar-refractivity contribution < 1.29 is 18.7 Å². The van der Waals surface area contributed by atoms with Crippen molar-refractivity contribution in [3.05, 3.63) is 59.9 Å². The highest BCUT2D eigenvalue weighted by molar-refractivity contribution is 5.89. The molecule has 0 unspecified atom stereocenters. The van der Waals surface area contributed by atoms with Crippen LogP contribution in [0.5, 0.6) is 0 Å². The summed E-state index contributed by atoms with van der Waals surface area (Å²) in [5, 5.41) is 14.9. The van der Waals surface area contributed by atoms with Crippen molar-refractivity contribution >= 4 is 11.7 Å². The van der Waals surface area contributed by atoms with Crippen LogP contribution in [-0.2, 0) is 0 Å². The van der Waals surface area contributed by atoms with Crippen LogP contribution < -0.4 is 10.6 Å². The molecule has 1 aromatic carbocycles. The lowest BCUT2D eigenvalue weighted by atomic mass is 10.0. The number of hydrogen-bond acceptors (Lipinski definition) is 3. The quantitative estimate of drug-likeness (QED) is 0.813. The van der Waals surface area contributed by atoms with Crippen molar-refractivity contribution in [2.75, 3.05) is 5.32 Å². The number of aliphatic hydroxyl groups excluding tert-OH is 1. The average molecular weight is 307 g/mol. The van der Waals surface area contributed by atoms with Crippen LogP contribution in [0.1, 0.15) is 18.6 Å². The summed E-state index contributed by atoms with van der Waals surface area (Å²) in [4.78, 5) is 15.6. The summed E-state index contributed by atoms with van der Waals surface area (Å²) in [5.41, 5.74) is -0.0181. The lowest BCUT2D eigenvalue weighted by Gasteiger charge is -2.21. The predicted octanol–water partition coefficient (Wildman–Crippen LogP) is 2.60. The zero-order valence-corrected chi connectivity index (χ0v) is 11.8. The largest absolute Gasteiger partial charge is 0.386 e. The second kappa shape index (κ2) is 6.95. The fourth-order valence-corrected chi connectivity index (χ4v) is 1.93. The van der Waals surface area contributed by atoms with E-state index in [1.54, 1.807) is 18.3 Å². The van der Waals surface area contributed by atoms with Crippen molar-refractivity contribution in [2.24, 2.45) is 0 Å². The Morgan fingerprint density at radius 2 is 1.91 bits per heavy atom. The number of carbonyl (C=O) groups excluding carboxylic acids is 1. The maximum absolute atomic E-state index is 13.6. The number of aromatic nitrogens is 1. The van der Waals surface area contributed by atoms with Gasteiger partial charge in [0.2, 0.25) is 0 Å². The molecule has 2 amide bonds. The molecule has 0 aliphatic heterocycles. The highest BCUT2D eigenvalue weighted by atomic mass is 19.1. The highest BCUT2D eigenvalue weighted by Gasteiger charge is 2.24. The van der Waals surface area contributed by atoms with E-state index in [0.717, 1.165) is 12.1 Å². The zero-order valence-electron chi connectivity index (χ0n) is 11.8. The number of nitrogens with one attached hydrogen (secondary N) is 2. The molecule has 2 rings (SSSR count). The van der Waals surface area contributed by atoms with E-state index in [4.69, 9.17) is 0 Å². The smallest absolute Gasteiger partial charge is 0.319 e. The van der Waals surface area contributed by atoms with E-state index in [2.05, 4.69) is 15.6 Å². The van der Waals surface area contributed by atoms with E-state index >= 15 is 0 Å². The number of amides is 2. The number of nitrogens with zero attached hydrogens (tertiary/aromatic N) is 1. The van der Waals surface area contributed by atoms with Crippen LogP contribution in [0.15, 0.2) is 42.7 Å². The molecule has 0 fully saturated rings. The third kappa shape index (κ3) is 3.76. The molecular formula is C15H15F2N3O2. The number of carbonyl (C=O) groups is 1. The summed E-state index contributed by atoms with van der Waals surface area (Å²) >= 11 is 0. The lowest BCUT2D eigenvalue weighted by Crippen LogP contribution is -2.40. The van der Waals surface area contributed by atoms with Gasteiger partial charge in [-0.05, 0) is 31.2 Å². The number of anilines is 1. The fraction of sp³-hybridized carbons (Fsp3) is 0.200. The van der Waals surface area contributed by atoms with Gasteiger partial charge in [-0.2, -0.15) is 0 Å². The second-order valence-corrected chi connectivity index (χ2v) is 4.71. The monoisotopic (exact) mass is 307 g/mol. The Bertz CT molecular complexity index is 632. The third-order valence-corrected chi connectivity index (χ3v) is 3.05.